The minimum absolute atomic E-state index is 0.0352. The van der Waals surface area contributed by atoms with Crippen LogP contribution >= 0.6 is 0 Å². The van der Waals surface area contributed by atoms with E-state index in [9.17, 15) is 19.8 Å². The number of likely N-dealkylation sites (N-methyl/N-ethyl adjacent to an activating group) is 1. The molecule has 3 aliphatic rings. The van der Waals surface area contributed by atoms with Crippen molar-refractivity contribution >= 4 is 17.5 Å². The summed E-state index contributed by atoms with van der Waals surface area (Å²) in [6.07, 6.45) is 0.673. The van der Waals surface area contributed by atoms with Crippen LogP contribution in [0.2, 0.25) is 0 Å². The summed E-state index contributed by atoms with van der Waals surface area (Å²) < 4.78 is 0. The lowest BCUT2D eigenvalue weighted by molar-refractivity contribution is -0.142. The number of hydrogen-bond donors (Lipinski definition) is 5. The third-order valence-electron chi connectivity index (χ3n) is 8.61. The van der Waals surface area contributed by atoms with Crippen LogP contribution in [0.1, 0.15) is 63.6 Å². The van der Waals surface area contributed by atoms with E-state index in [1.54, 1.807) is 0 Å². The summed E-state index contributed by atoms with van der Waals surface area (Å²) in [6.45, 7) is 11.9. The molecule has 0 fully saturated rings. The molecule has 0 heterocycles. The van der Waals surface area contributed by atoms with Crippen LogP contribution in [0.25, 0.3) is 0 Å². The van der Waals surface area contributed by atoms with Crippen molar-refractivity contribution in [1.29, 1.82) is 0 Å². The van der Waals surface area contributed by atoms with Crippen LogP contribution in [0.15, 0.2) is 34.6 Å². The molecule has 0 bridgehead atoms. The number of benzene rings is 1. The fraction of sp³-hybridized carbons (Fsp3) is 0.586. The Bertz CT molecular complexity index is 1210. The number of nitrogens with two attached hydrogens (primary N) is 1. The zero-order valence-electron chi connectivity index (χ0n) is 23.3. The van der Waals surface area contributed by atoms with Crippen molar-refractivity contribution in [2.24, 2.45) is 17.6 Å². The highest BCUT2D eigenvalue weighted by molar-refractivity contribution is 5.94. The molecule has 1 aromatic rings. The Balaban J connectivity index is 1.80. The second-order valence-electron chi connectivity index (χ2n) is 12.3. The molecule has 8 heteroatoms. The third-order valence-corrected chi connectivity index (χ3v) is 8.61. The summed E-state index contributed by atoms with van der Waals surface area (Å²) in [7, 11) is 3.63. The maximum atomic E-state index is 14.2. The van der Waals surface area contributed by atoms with E-state index in [2.05, 4.69) is 17.6 Å². The first-order valence-electron chi connectivity index (χ1n) is 13.1. The predicted octanol–water partition coefficient (Wildman–Crippen LogP) is 3.54. The van der Waals surface area contributed by atoms with E-state index >= 15 is 0 Å². The Morgan fingerprint density at radius 2 is 1.89 bits per heavy atom. The van der Waals surface area contributed by atoms with Gasteiger partial charge in [-0.1, -0.05) is 18.6 Å². The molecule has 37 heavy (non-hydrogen) atoms. The molecule has 8 nitrogen and oxygen atoms in total. The lowest BCUT2D eigenvalue weighted by Crippen LogP contribution is -2.62. The first-order valence-corrected chi connectivity index (χ1v) is 13.1. The summed E-state index contributed by atoms with van der Waals surface area (Å²) in [5, 5.41) is 29.1. The van der Waals surface area contributed by atoms with Crippen molar-refractivity contribution in [1.82, 2.24) is 10.2 Å². The minimum Gasteiger partial charge on any atom is -0.511 e. The molecule has 0 unspecified atom stereocenters. The van der Waals surface area contributed by atoms with E-state index in [0.717, 1.165) is 33.5 Å². The van der Waals surface area contributed by atoms with Gasteiger partial charge in [0.05, 0.1) is 12.0 Å². The summed E-state index contributed by atoms with van der Waals surface area (Å²) in [6, 6.07) is 3.01. The summed E-state index contributed by atoms with van der Waals surface area (Å²) in [5.41, 5.74) is 10.4. The normalized spacial score (nSPS) is 29.6. The van der Waals surface area contributed by atoms with Gasteiger partial charge in [0, 0.05) is 30.1 Å². The van der Waals surface area contributed by atoms with Gasteiger partial charge in [0.15, 0.2) is 0 Å². The number of rotatable bonds is 3. The standard InChI is InChI=1S/C29H42N4O4/c1-14-19-11-20-16(3)29(37)12-17(13-30)25(34)24(33(7)8)23(29)26(35)22(20)15(2)18(19)9-10-21(14)31-27(36)32-28(4,5)6/h9-10,15,22-24,34,37H,11-13,30H2,1-8H3,(H2,31,32,36)/t15-,22+,23+,24-,29+/m0/s1. The lowest BCUT2D eigenvalue weighted by atomic mass is 9.54. The van der Waals surface area contributed by atoms with Crippen LogP contribution in [0.3, 0.4) is 0 Å². The molecule has 202 valence electrons. The Hall–Kier alpha value is -2.68. The van der Waals surface area contributed by atoms with Crippen molar-refractivity contribution < 1.29 is 19.8 Å². The number of nitrogens with zero attached hydrogens (tertiary/aromatic N) is 1. The number of amides is 2. The molecular weight excluding hydrogens is 468 g/mol. The lowest BCUT2D eigenvalue weighted by Gasteiger charge is -2.53. The second-order valence-corrected chi connectivity index (χ2v) is 12.3. The maximum absolute atomic E-state index is 14.2. The van der Waals surface area contributed by atoms with Gasteiger partial charge in [-0.2, -0.15) is 0 Å². The fourth-order valence-corrected chi connectivity index (χ4v) is 6.74. The van der Waals surface area contributed by atoms with Crippen LogP contribution in [0.5, 0.6) is 0 Å². The van der Waals surface area contributed by atoms with Gasteiger partial charge in [-0.05, 0) is 95.0 Å². The van der Waals surface area contributed by atoms with Crippen molar-refractivity contribution in [3.63, 3.8) is 0 Å². The van der Waals surface area contributed by atoms with Gasteiger partial charge in [0.1, 0.15) is 17.1 Å². The average molecular weight is 511 g/mol. The van der Waals surface area contributed by atoms with Gasteiger partial charge in [-0.15, -0.1) is 0 Å². The van der Waals surface area contributed by atoms with E-state index in [-0.39, 0.29) is 47.9 Å². The van der Waals surface area contributed by atoms with Gasteiger partial charge in [0.2, 0.25) is 0 Å². The predicted molar refractivity (Wildman–Crippen MR) is 146 cm³/mol. The first kappa shape index (κ1) is 27.4. The number of hydrogen-bond acceptors (Lipinski definition) is 6. The van der Waals surface area contributed by atoms with Crippen LogP contribution in [-0.2, 0) is 11.2 Å². The Labute approximate surface area is 220 Å². The molecule has 1 aromatic carbocycles. The number of aliphatic hydroxyl groups excluding tert-OH is 1. The molecule has 6 N–H and O–H groups in total. The topological polar surface area (TPSA) is 128 Å². The number of nitrogens with one attached hydrogen (secondary N) is 2. The molecule has 4 rings (SSSR count). The van der Waals surface area contributed by atoms with E-state index in [1.807, 2.05) is 65.7 Å². The highest BCUT2D eigenvalue weighted by Crippen LogP contribution is 2.54. The fourth-order valence-electron chi connectivity index (χ4n) is 6.74. The number of aliphatic hydroxyl groups is 2. The number of carbonyl (C=O) groups excluding carboxylic acids is 2. The highest BCUT2D eigenvalue weighted by atomic mass is 16.3. The van der Waals surface area contributed by atoms with Crippen molar-refractivity contribution in [3.8, 4) is 0 Å². The SMILES string of the molecule is CC1=C2Cc3c(ccc(NC(=O)NC(C)(C)C)c3C)[C@H](C)[C@H]2C(=O)[C@H]2[C@H](N(C)C)C(O)=C(CN)C[C@@]12O. The third kappa shape index (κ3) is 4.39. The number of allylic oxidation sites excluding steroid dienone is 1. The Morgan fingerprint density at radius 1 is 1.24 bits per heavy atom. The molecule has 0 aromatic heterocycles. The van der Waals surface area contributed by atoms with Crippen LogP contribution in [0.4, 0.5) is 10.5 Å². The van der Waals surface area contributed by atoms with Crippen LogP contribution in [0, 0.1) is 18.8 Å². The van der Waals surface area contributed by atoms with Crippen LogP contribution < -0.4 is 16.4 Å². The highest BCUT2D eigenvalue weighted by Gasteiger charge is 2.59. The Morgan fingerprint density at radius 3 is 2.46 bits per heavy atom. The molecule has 0 saturated heterocycles. The average Bonchev–Trinajstić information content (AvgIpc) is 2.78. The summed E-state index contributed by atoms with van der Waals surface area (Å²) in [5.74, 6) is -1.19. The number of Topliss-reactive ketones (excluding diaryl/α,β-unsaturated/α-hetero) is 1. The van der Waals surface area contributed by atoms with E-state index in [1.165, 1.54) is 0 Å². The van der Waals surface area contributed by atoms with Crippen molar-refractivity contribution in [3.05, 3.63) is 51.3 Å². The van der Waals surface area contributed by atoms with E-state index < -0.39 is 17.6 Å². The van der Waals surface area contributed by atoms with Gasteiger partial charge in [0.25, 0.3) is 0 Å². The molecule has 0 saturated carbocycles. The smallest absolute Gasteiger partial charge is 0.319 e. The minimum atomic E-state index is -1.41. The zero-order valence-corrected chi connectivity index (χ0v) is 23.3. The number of anilines is 1. The van der Waals surface area contributed by atoms with Crippen LogP contribution in [-0.4, -0.2) is 64.7 Å². The number of urea groups is 1. The zero-order chi connectivity index (χ0) is 27.6. The molecular formula is C29H42N4O4. The largest absolute Gasteiger partial charge is 0.511 e. The number of carbonyl (C=O) groups is 2. The maximum Gasteiger partial charge on any atom is 0.319 e. The summed E-state index contributed by atoms with van der Waals surface area (Å²) in [4.78, 5) is 28.6. The molecule has 0 spiro atoms. The first-order chi connectivity index (χ1) is 17.1. The van der Waals surface area contributed by atoms with Crippen molar-refractivity contribution in [2.75, 3.05) is 26.0 Å². The van der Waals surface area contributed by atoms with Gasteiger partial charge in [-0.25, -0.2) is 4.79 Å². The van der Waals surface area contributed by atoms with E-state index in [0.29, 0.717) is 12.0 Å². The summed E-state index contributed by atoms with van der Waals surface area (Å²) >= 11 is 0. The molecule has 0 radical (unpaired) electrons. The number of fused-ring (bicyclic) bond motifs is 3. The second kappa shape index (κ2) is 9.26. The van der Waals surface area contributed by atoms with Crippen molar-refractivity contribution in [2.45, 2.75) is 77.5 Å². The van der Waals surface area contributed by atoms with Gasteiger partial charge in [-0.3, -0.25) is 9.69 Å². The van der Waals surface area contributed by atoms with E-state index in [4.69, 9.17) is 5.73 Å². The van der Waals surface area contributed by atoms with Gasteiger partial charge >= 0.3 is 6.03 Å². The molecule has 2 amide bonds. The van der Waals surface area contributed by atoms with Gasteiger partial charge < -0.3 is 26.6 Å². The quantitative estimate of drug-likeness (QED) is 0.396. The molecule has 0 aliphatic heterocycles. The molecule has 5 atom stereocenters. The monoisotopic (exact) mass is 510 g/mol. The number of ketones is 1. The Kier molecular flexibility index (Phi) is 6.84. The molecule has 3 aliphatic carbocycles.